The van der Waals surface area contributed by atoms with E-state index in [1.807, 2.05) is 6.92 Å². The molecule has 0 aromatic heterocycles. The van der Waals surface area contributed by atoms with Crippen molar-refractivity contribution < 1.29 is 14.5 Å². The Morgan fingerprint density at radius 2 is 1.93 bits per heavy atom. The molecular weight excluding hydrogens is 382 g/mol. The maximum atomic E-state index is 12.6. The van der Waals surface area contributed by atoms with Gasteiger partial charge < -0.3 is 10.1 Å². The predicted molar refractivity (Wildman–Crippen MR) is 107 cm³/mol. The summed E-state index contributed by atoms with van der Waals surface area (Å²) in [5.41, 5.74) is 2.36. The number of halogens is 1. The number of amides is 1. The predicted octanol–water partition coefficient (Wildman–Crippen LogP) is 3.36. The molecule has 0 aliphatic carbocycles. The summed E-state index contributed by atoms with van der Waals surface area (Å²) in [7, 11) is 0. The van der Waals surface area contributed by atoms with Gasteiger partial charge in [-0.3, -0.25) is 19.8 Å². The van der Waals surface area contributed by atoms with E-state index in [0.29, 0.717) is 19.8 Å². The average molecular weight is 404 g/mol. The molecule has 7 nitrogen and oxygen atoms in total. The minimum atomic E-state index is -0.542. The summed E-state index contributed by atoms with van der Waals surface area (Å²) in [4.78, 5) is 25.2. The SMILES string of the molecule is Cc1ccc([C@H](CNC(=O)c2ccc([N+](=O)[O-])cc2Cl)N2CCOCC2)cc1. The van der Waals surface area contributed by atoms with Crippen molar-refractivity contribution in [2.45, 2.75) is 13.0 Å². The van der Waals surface area contributed by atoms with E-state index in [1.165, 1.54) is 23.8 Å². The van der Waals surface area contributed by atoms with E-state index < -0.39 is 4.92 Å². The monoisotopic (exact) mass is 403 g/mol. The summed E-state index contributed by atoms with van der Waals surface area (Å²) >= 11 is 6.07. The summed E-state index contributed by atoms with van der Waals surface area (Å²) in [5.74, 6) is -0.356. The number of hydrogen-bond donors (Lipinski definition) is 1. The number of non-ortho nitro benzene ring substituents is 1. The summed E-state index contributed by atoms with van der Waals surface area (Å²) in [5, 5.41) is 13.8. The Morgan fingerprint density at radius 1 is 1.25 bits per heavy atom. The van der Waals surface area contributed by atoms with E-state index in [9.17, 15) is 14.9 Å². The van der Waals surface area contributed by atoms with Crippen molar-refractivity contribution in [1.29, 1.82) is 0 Å². The fraction of sp³-hybridized carbons (Fsp3) is 0.350. The molecule has 1 aliphatic heterocycles. The molecule has 2 aromatic carbocycles. The van der Waals surface area contributed by atoms with Gasteiger partial charge in [0.2, 0.25) is 0 Å². The van der Waals surface area contributed by atoms with Crippen LogP contribution < -0.4 is 5.32 Å². The lowest BCUT2D eigenvalue weighted by Gasteiger charge is -2.35. The van der Waals surface area contributed by atoms with E-state index in [1.54, 1.807) is 0 Å². The lowest BCUT2D eigenvalue weighted by Crippen LogP contribution is -2.43. The number of nitrogens with one attached hydrogen (secondary N) is 1. The highest BCUT2D eigenvalue weighted by molar-refractivity contribution is 6.34. The molecule has 8 heteroatoms. The van der Waals surface area contributed by atoms with Gasteiger partial charge in [-0.2, -0.15) is 0 Å². The molecule has 1 amide bonds. The molecule has 148 valence electrons. The van der Waals surface area contributed by atoms with Gasteiger partial charge >= 0.3 is 0 Å². The summed E-state index contributed by atoms with van der Waals surface area (Å²) < 4.78 is 5.44. The highest BCUT2D eigenvalue weighted by Crippen LogP contribution is 2.24. The number of hydrogen-bond acceptors (Lipinski definition) is 5. The molecule has 0 radical (unpaired) electrons. The van der Waals surface area contributed by atoms with Crippen LogP contribution in [0.25, 0.3) is 0 Å². The molecule has 3 rings (SSSR count). The van der Waals surface area contributed by atoms with Crippen LogP contribution in [0, 0.1) is 17.0 Å². The number of nitro groups is 1. The Labute approximate surface area is 168 Å². The van der Waals surface area contributed by atoms with E-state index >= 15 is 0 Å². The lowest BCUT2D eigenvalue weighted by atomic mass is 10.0. The van der Waals surface area contributed by atoms with Gasteiger partial charge in [-0.1, -0.05) is 41.4 Å². The zero-order valence-corrected chi connectivity index (χ0v) is 16.3. The Bertz CT molecular complexity index is 851. The Hall–Kier alpha value is -2.48. The molecule has 1 atom stereocenters. The van der Waals surface area contributed by atoms with Gasteiger partial charge in [-0.05, 0) is 18.6 Å². The number of aryl methyl sites for hydroxylation is 1. The van der Waals surface area contributed by atoms with Gasteiger partial charge in [0, 0.05) is 31.8 Å². The molecule has 1 N–H and O–H groups in total. The van der Waals surface area contributed by atoms with Gasteiger partial charge in [-0.15, -0.1) is 0 Å². The number of ether oxygens (including phenoxy) is 1. The zero-order chi connectivity index (χ0) is 20.1. The third-order valence-electron chi connectivity index (χ3n) is 4.81. The highest BCUT2D eigenvalue weighted by Gasteiger charge is 2.24. The number of carbonyl (C=O) groups is 1. The molecule has 1 fully saturated rings. The van der Waals surface area contributed by atoms with Gasteiger partial charge in [0.25, 0.3) is 11.6 Å². The van der Waals surface area contributed by atoms with Crippen LogP contribution in [0.5, 0.6) is 0 Å². The number of nitro benzene ring substituents is 1. The zero-order valence-electron chi connectivity index (χ0n) is 15.6. The molecule has 0 spiro atoms. The molecule has 1 heterocycles. The molecule has 28 heavy (non-hydrogen) atoms. The fourth-order valence-electron chi connectivity index (χ4n) is 3.22. The Kier molecular flexibility index (Phi) is 6.61. The van der Waals surface area contributed by atoms with Crippen molar-refractivity contribution in [3.8, 4) is 0 Å². The van der Waals surface area contributed by atoms with Gasteiger partial charge in [0.15, 0.2) is 0 Å². The summed E-state index contributed by atoms with van der Waals surface area (Å²) in [6.07, 6.45) is 0. The second kappa shape index (κ2) is 9.14. The third kappa shape index (κ3) is 4.86. The van der Waals surface area contributed by atoms with E-state index in [4.69, 9.17) is 16.3 Å². The topological polar surface area (TPSA) is 84.7 Å². The van der Waals surface area contributed by atoms with Crippen LogP contribution in [0.4, 0.5) is 5.69 Å². The molecule has 2 aromatic rings. The maximum absolute atomic E-state index is 12.6. The maximum Gasteiger partial charge on any atom is 0.270 e. The number of carbonyl (C=O) groups excluding carboxylic acids is 1. The smallest absolute Gasteiger partial charge is 0.270 e. The summed E-state index contributed by atoms with van der Waals surface area (Å²) in [6.45, 7) is 5.31. The largest absolute Gasteiger partial charge is 0.379 e. The van der Waals surface area contributed by atoms with Crippen LogP contribution in [0.1, 0.15) is 27.5 Å². The third-order valence-corrected chi connectivity index (χ3v) is 5.13. The lowest BCUT2D eigenvalue weighted by molar-refractivity contribution is -0.384. The molecule has 1 saturated heterocycles. The first-order valence-corrected chi connectivity index (χ1v) is 9.44. The van der Waals surface area contributed by atoms with Crippen LogP contribution in [-0.2, 0) is 4.74 Å². The van der Waals surface area contributed by atoms with Crippen LogP contribution in [0.2, 0.25) is 5.02 Å². The van der Waals surface area contributed by atoms with Crippen molar-refractivity contribution >= 4 is 23.2 Å². The van der Waals surface area contributed by atoms with Crippen molar-refractivity contribution in [3.05, 3.63) is 74.3 Å². The first kappa shape index (κ1) is 20.3. The van der Waals surface area contributed by atoms with E-state index in [2.05, 4.69) is 34.5 Å². The fourth-order valence-corrected chi connectivity index (χ4v) is 3.48. The average Bonchev–Trinajstić information content (AvgIpc) is 2.70. The first-order chi connectivity index (χ1) is 13.5. The minimum Gasteiger partial charge on any atom is -0.379 e. The van der Waals surface area contributed by atoms with E-state index in [-0.39, 0.29) is 28.2 Å². The van der Waals surface area contributed by atoms with Gasteiger partial charge in [0.05, 0.1) is 34.8 Å². The van der Waals surface area contributed by atoms with Gasteiger partial charge in [0.1, 0.15) is 0 Å². The number of benzene rings is 2. The normalized spacial score (nSPS) is 15.8. The number of nitrogens with zero attached hydrogens (tertiary/aromatic N) is 2. The second-order valence-corrected chi connectivity index (χ2v) is 7.11. The van der Waals surface area contributed by atoms with E-state index in [0.717, 1.165) is 18.7 Å². The van der Waals surface area contributed by atoms with Crippen molar-refractivity contribution in [3.63, 3.8) is 0 Å². The summed E-state index contributed by atoms with van der Waals surface area (Å²) in [6, 6.07) is 12.1. The number of morpholine rings is 1. The molecule has 0 saturated carbocycles. The van der Waals surface area contributed by atoms with Crippen molar-refractivity contribution in [1.82, 2.24) is 10.2 Å². The van der Waals surface area contributed by atoms with Crippen LogP contribution >= 0.6 is 11.6 Å². The Balaban J connectivity index is 1.74. The Morgan fingerprint density at radius 3 is 2.54 bits per heavy atom. The van der Waals surface area contributed by atoms with Crippen molar-refractivity contribution in [2.75, 3.05) is 32.8 Å². The van der Waals surface area contributed by atoms with Gasteiger partial charge in [-0.25, -0.2) is 0 Å². The van der Waals surface area contributed by atoms with Crippen LogP contribution in [0.15, 0.2) is 42.5 Å². The van der Waals surface area contributed by atoms with Crippen LogP contribution in [-0.4, -0.2) is 48.6 Å². The quantitative estimate of drug-likeness (QED) is 0.590. The highest BCUT2D eigenvalue weighted by atomic mass is 35.5. The number of rotatable bonds is 6. The molecule has 1 aliphatic rings. The van der Waals surface area contributed by atoms with Crippen molar-refractivity contribution in [2.24, 2.45) is 0 Å². The first-order valence-electron chi connectivity index (χ1n) is 9.06. The molecular formula is C20H22ClN3O4. The second-order valence-electron chi connectivity index (χ2n) is 6.71. The van der Waals surface area contributed by atoms with Crippen LogP contribution in [0.3, 0.4) is 0 Å². The minimum absolute atomic E-state index is 0.00488. The standard InChI is InChI=1S/C20H22ClN3O4/c1-14-2-4-15(5-3-14)19(23-8-10-28-11-9-23)13-22-20(25)17-7-6-16(24(26)27)12-18(17)21/h2-7,12,19H,8-11,13H2,1H3,(H,22,25)/t19-/m0/s1. The molecule has 0 unspecified atom stereocenters. The molecule has 0 bridgehead atoms.